The molecule has 0 aromatic carbocycles. The summed E-state index contributed by atoms with van der Waals surface area (Å²) in [5.41, 5.74) is 4.61. The molecule has 0 N–H and O–H groups in total. The third-order valence-electron chi connectivity index (χ3n) is 5.18. The number of allylic oxidation sites excluding steroid dienone is 8. The van der Waals surface area contributed by atoms with Crippen LogP contribution >= 0.6 is 0 Å². The Morgan fingerprint density at radius 3 is 1.62 bits per heavy atom. The van der Waals surface area contributed by atoms with Gasteiger partial charge in [-0.25, -0.2) is 0 Å². The molecule has 0 spiro atoms. The van der Waals surface area contributed by atoms with Crippen molar-refractivity contribution >= 4 is 8.07 Å². The molecule has 0 radical (unpaired) electrons. The van der Waals surface area contributed by atoms with Crippen LogP contribution in [0.15, 0.2) is 47.6 Å². The van der Waals surface area contributed by atoms with Gasteiger partial charge in [0.2, 0.25) is 0 Å². The minimum atomic E-state index is -1.33. The van der Waals surface area contributed by atoms with Crippen LogP contribution in [-0.2, 0) is 0 Å². The third-order valence-corrected chi connectivity index (χ3v) is 9.33. The molecule has 2 unspecified atom stereocenters. The van der Waals surface area contributed by atoms with Crippen molar-refractivity contribution in [3.8, 4) is 0 Å². The second-order valence-electron chi connectivity index (χ2n) is 7.28. The standard InChI is InChI=1S/C20H32Si/c1-5-7-9-17-11-13-19(15-17)21(3,4)20-14-12-18(16-20)10-8-6-2/h11-16,19-20H,5-10H2,1-4H3. The van der Waals surface area contributed by atoms with Crippen LogP contribution in [0.2, 0.25) is 24.2 Å². The predicted octanol–water partition coefficient (Wildman–Crippen LogP) is 6.81. The van der Waals surface area contributed by atoms with Crippen molar-refractivity contribution in [3.05, 3.63) is 47.6 Å². The monoisotopic (exact) mass is 300 g/mol. The van der Waals surface area contributed by atoms with Gasteiger partial charge in [-0.1, -0.05) is 87.4 Å². The first-order valence-electron chi connectivity index (χ1n) is 8.85. The molecule has 0 saturated heterocycles. The minimum Gasteiger partial charge on any atom is -0.0800 e. The van der Waals surface area contributed by atoms with E-state index < -0.39 is 8.07 Å². The van der Waals surface area contributed by atoms with Gasteiger partial charge in [-0.05, 0) is 36.8 Å². The topological polar surface area (TPSA) is 0 Å². The molecule has 2 atom stereocenters. The maximum atomic E-state index is 2.58. The quantitative estimate of drug-likeness (QED) is 0.432. The van der Waals surface area contributed by atoms with E-state index in [4.69, 9.17) is 0 Å². The summed E-state index contributed by atoms with van der Waals surface area (Å²) >= 11 is 0. The number of unbranched alkanes of at least 4 members (excludes halogenated alkanes) is 2. The molecular weight excluding hydrogens is 268 g/mol. The summed E-state index contributed by atoms with van der Waals surface area (Å²) in [4.78, 5) is 0. The highest BCUT2D eigenvalue weighted by Gasteiger charge is 2.37. The van der Waals surface area contributed by atoms with E-state index in [0.717, 1.165) is 11.1 Å². The Bertz CT molecular complexity index is 420. The first-order chi connectivity index (χ1) is 10.1. The summed E-state index contributed by atoms with van der Waals surface area (Å²) in [6.45, 7) is 9.69. The van der Waals surface area contributed by atoms with E-state index in [1.165, 1.54) is 38.5 Å². The van der Waals surface area contributed by atoms with Crippen molar-refractivity contribution in [2.75, 3.05) is 0 Å². The molecule has 0 fully saturated rings. The lowest BCUT2D eigenvalue weighted by atomic mass is 10.1. The fourth-order valence-corrected chi connectivity index (χ4v) is 6.30. The van der Waals surface area contributed by atoms with Gasteiger partial charge >= 0.3 is 0 Å². The van der Waals surface area contributed by atoms with Crippen LogP contribution in [0.4, 0.5) is 0 Å². The molecule has 21 heavy (non-hydrogen) atoms. The lowest BCUT2D eigenvalue weighted by molar-refractivity contribution is 0.798. The molecule has 1 heteroatoms. The molecule has 0 aromatic rings. The van der Waals surface area contributed by atoms with Crippen molar-refractivity contribution < 1.29 is 0 Å². The average molecular weight is 301 g/mol. The van der Waals surface area contributed by atoms with Crippen LogP contribution in [0, 0.1) is 0 Å². The van der Waals surface area contributed by atoms with Gasteiger partial charge in [0.1, 0.15) is 0 Å². The van der Waals surface area contributed by atoms with E-state index >= 15 is 0 Å². The Hall–Kier alpha value is -0.823. The zero-order valence-electron chi connectivity index (χ0n) is 14.4. The minimum absolute atomic E-state index is 0.723. The number of hydrogen-bond donors (Lipinski definition) is 0. The van der Waals surface area contributed by atoms with Gasteiger partial charge < -0.3 is 0 Å². The van der Waals surface area contributed by atoms with Crippen LogP contribution in [0.3, 0.4) is 0 Å². The molecule has 0 aliphatic heterocycles. The molecule has 0 aromatic heterocycles. The summed E-state index contributed by atoms with van der Waals surface area (Å²) in [6.07, 6.45) is 22.7. The third kappa shape index (κ3) is 4.09. The van der Waals surface area contributed by atoms with E-state index in [1.807, 2.05) is 0 Å². The fourth-order valence-electron chi connectivity index (χ4n) is 3.38. The Kier molecular flexibility index (Phi) is 5.86. The van der Waals surface area contributed by atoms with Gasteiger partial charge in [-0.15, -0.1) is 0 Å². The molecule has 2 aliphatic rings. The van der Waals surface area contributed by atoms with Crippen molar-refractivity contribution in [1.82, 2.24) is 0 Å². The number of hydrogen-bond acceptors (Lipinski definition) is 0. The lowest BCUT2D eigenvalue weighted by Gasteiger charge is -2.31. The highest BCUT2D eigenvalue weighted by atomic mass is 28.3. The van der Waals surface area contributed by atoms with E-state index in [1.54, 1.807) is 11.1 Å². The van der Waals surface area contributed by atoms with Crippen LogP contribution < -0.4 is 0 Å². The Morgan fingerprint density at radius 1 is 0.810 bits per heavy atom. The Balaban J connectivity index is 2.00. The van der Waals surface area contributed by atoms with Crippen molar-refractivity contribution in [2.24, 2.45) is 0 Å². The number of rotatable bonds is 8. The van der Waals surface area contributed by atoms with Crippen LogP contribution in [0.25, 0.3) is 0 Å². The molecule has 116 valence electrons. The SMILES string of the molecule is CCCCC1=CC([Si](C)(C)C2C=CC(CCCC)=C2)C=C1. The molecule has 0 amide bonds. The summed E-state index contributed by atoms with van der Waals surface area (Å²) < 4.78 is 0. The van der Waals surface area contributed by atoms with Crippen LogP contribution in [0.5, 0.6) is 0 Å². The second kappa shape index (κ2) is 7.44. The lowest BCUT2D eigenvalue weighted by Crippen LogP contribution is -2.34. The summed E-state index contributed by atoms with van der Waals surface area (Å²) in [7, 11) is -1.33. The maximum Gasteiger partial charge on any atom is 0.0699 e. The summed E-state index contributed by atoms with van der Waals surface area (Å²) in [6, 6.07) is 0. The average Bonchev–Trinajstić information content (AvgIpc) is 3.12. The van der Waals surface area contributed by atoms with Gasteiger partial charge in [0.25, 0.3) is 0 Å². The van der Waals surface area contributed by atoms with Gasteiger partial charge in [0.15, 0.2) is 0 Å². The zero-order valence-corrected chi connectivity index (χ0v) is 15.4. The normalized spacial score (nSPS) is 24.6. The van der Waals surface area contributed by atoms with E-state index in [0.29, 0.717) is 0 Å². The van der Waals surface area contributed by atoms with Crippen LogP contribution in [0.1, 0.15) is 52.4 Å². The van der Waals surface area contributed by atoms with Crippen molar-refractivity contribution in [1.29, 1.82) is 0 Å². The van der Waals surface area contributed by atoms with Crippen molar-refractivity contribution in [3.63, 3.8) is 0 Å². The molecular formula is C20H32Si. The zero-order chi connectivity index (χ0) is 15.3. The molecule has 0 saturated carbocycles. The molecule has 0 heterocycles. The van der Waals surface area contributed by atoms with Gasteiger partial charge in [0, 0.05) is 0 Å². The first kappa shape index (κ1) is 16.5. The highest BCUT2D eigenvalue weighted by molar-refractivity contribution is 6.82. The molecule has 2 rings (SSSR count). The summed E-state index contributed by atoms with van der Waals surface area (Å²) in [5.74, 6) is 0. The smallest absolute Gasteiger partial charge is 0.0699 e. The highest BCUT2D eigenvalue weighted by Crippen LogP contribution is 2.43. The van der Waals surface area contributed by atoms with Crippen molar-refractivity contribution in [2.45, 2.75) is 76.5 Å². The molecule has 0 nitrogen and oxygen atoms in total. The van der Waals surface area contributed by atoms with E-state index in [-0.39, 0.29) is 0 Å². The largest absolute Gasteiger partial charge is 0.0800 e. The van der Waals surface area contributed by atoms with Gasteiger partial charge in [0.05, 0.1) is 8.07 Å². The second-order valence-corrected chi connectivity index (χ2v) is 12.3. The van der Waals surface area contributed by atoms with E-state index in [9.17, 15) is 0 Å². The van der Waals surface area contributed by atoms with Gasteiger partial charge in [-0.2, -0.15) is 0 Å². The Morgan fingerprint density at radius 2 is 1.24 bits per heavy atom. The van der Waals surface area contributed by atoms with Gasteiger partial charge in [-0.3, -0.25) is 0 Å². The molecule has 2 aliphatic carbocycles. The predicted molar refractivity (Wildman–Crippen MR) is 98.5 cm³/mol. The summed E-state index contributed by atoms with van der Waals surface area (Å²) in [5, 5.41) is 0. The Labute approximate surface area is 132 Å². The van der Waals surface area contributed by atoms with Crippen LogP contribution in [-0.4, -0.2) is 8.07 Å². The fraction of sp³-hybridized carbons (Fsp3) is 0.600. The maximum absolute atomic E-state index is 2.58. The molecule has 0 bridgehead atoms. The first-order valence-corrected chi connectivity index (χ1v) is 12.0. The van der Waals surface area contributed by atoms with E-state index in [2.05, 4.69) is 63.4 Å².